The second kappa shape index (κ2) is 13.6. The molecule has 10 aromatic rings. The lowest BCUT2D eigenvalue weighted by atomic mass is 9.97. The third-order valence-corrected chi connectivity index (χ3v) is 11.2. The monoisotopic (exact) mass is 728 g/mol. The first-order valence-electron chi connectivity index (χ1n) is 19.4. The van der Waals surface area contributed by atoms with Gasteiger partial charge in [-0.2, -0.15) is 0 Å². The number of furan rings is 1. The fourth-order valence-electron chi connectivity index (χ4n) is 8.36. The van der Waals surface area contributed by atoms with Crippen LogP contribution in [0.15, 0.2) is 223 Å². The van der Waals surface area contributed by atoms with Crippen LogP contribution >= 0.6 is 0 Å². The topological polar surface area (TPSA) is 19.6 Å². The number of hydrogen-bond donors (Lipinski definition) is 0. The van der Waals surface area contributed by atoms with E-state index >= 15 is 0 Å². The molecule has 0 saturated heterocycles. The predicted octanol–water partition coefficient (Wildman–Crippen LogP) is 15.5. The predicted molar refractivity (Wildman–Crippen MR) is 238 cm³/mol. The normalized spacial score (nSPS) is 12.1. The molecule has 0 N–H and O–H groups in total. The van der Waals surface area contributed by atoms with Crippen LogP contribution in [-0.4, -0.2) is 0 Å². The van der Waals surface area contributed by atoms with E-state index in [2.05, 4.69) is 216 Å². The Labute approximate surface area is 332 Å². The summed E-state index contributed by atoms with van der Waals surface area (Å²) < 4.78 is 6.07. The highest BCUT2D eigenvalue weighted by Gasteiger charge is 2.30. The number of anilines is 6. The molecule has 0 bridgehead atoms. The average Bonchev–Trinajstić information content (AvgIpc) is 3.67. The van der Waals surface area contributed by atoms with E-state index in [4.69, 9.17) is 4.42 Å². The summed E-state index contributed by atoms with van der Waals surface area (Å²) in [6.07, 6.45) is 0. The van der Waals surface area contributed by atoms with Gasteiger partial charge in [-0.25, -0.2) is 0 Å². The van der Waals surface area contributed by atoms with Gasteiger partial charge in [-0.15, -0.1) is 0 Å². The summed E-state index contributed by atoms with van der Waals surface area (Å²) >= 11 is 0. The maximum Gasteiger partial charge on any atom is 0.135 e. The molecule has 3 nitrogen and oxygen atoms in total. The first kappa shape index (κ1) is 32.8. The number of hydrogen-bond acceptors (Lipinski definition) is 3. The molecule has 0 unspecified atom stereocenters. The van der Waals surface area contributed by atoms with E-state index < -0.39 is 0 Å². The van der Waals surface area contributed by atoms with E-state index in [0.717, 1.165) is 56.1 Å². The van der Waals surface area contributed by atoms with Gasteiger partial charge < -0.3 is 14.2 Å². The van der Waals surface area contributed by atoms with Crippen molar-refractivity contribution in [2.24, 2.45) is 0 Å². The number of benzene rings is 9. The Morgan fingerprint density at radius 2 is 0.649 bits per heavy atom. The minimum absolute atomic E-state index is 0.914. The van der Waals surface area contributed by atoms with Gasteiger partial charge in [0.1, 0.15) is 11.2 Å². The minimum atomic E-state index is 0.914. The van der Waals surface area contributed by atoms with Crippen molar-refractivity contribution >= 4 is 56.1 Å². The molecule has 0 aliphatic carbocycles. The summed E-state index contributed by atoms with van der Waals surface area (Å²) in [5.74, 6) is 0. The zero-order valence-electron chi connectivity index (χ0n) is 31.1. The van der Waals surface area contributed by atoms with Gasteiger partial charge >= 0.3 is 0 Å². The van der Waals surface area contributed by atoms with Crippen molar-refractivity contribution < 1.29 is 4.42 Å². The molecular weight excluding hydrogens is 693 g/mol. The van der Waals surface area contributed by atoms with Crippen LogP contribution in [0, 0.1) is 0 Å². The van der Waals surface area contributed by atoms with Gasteiger partial charge in [-0.1, -0.05) is 152 Å². The summed E-state index contributed by atoms with van der Waals surface area (Å²) in [7, 11) is 0. The molecule has 9 aromatic carbocycles. The van der Waals surface area contributed by atoms with Crippen LogP contribution in [0.2, 0.25) is 0 Å². The Morgan fingerprint density at radius 1 is 0.246 bits per heavy atom. The molecule has 0 radical (unpaired) electrons. The molecule has 1 aromatic heterocycles. The summed E-state index contributed by atoms with van der Waals surface area (Å²) in [4.78, 5) is 4.79. The van der Waals surface area contributed by atoms with Gasteiger partial charge in [-0.05, 0) is 111 Å². The number of rotatable bonds is 6. The van der Waals surface area contributed by atoms with Gasteiger partial charge in [-0.3, -0.25) is 0 Å². The zero-order chi connectivity index (χ0) is 37.7. The molecule has 0 spiro atoms. The van der Waals surface area contributed by atoms with Gasteiger partial charge in [0, 0.05) is 22.1 Å². The molecule has 0 atom stereocenters. The molecule has 0 saturated carbocycles. The number of para-hydroxylation sites is 4. The van der Waals surface area contributed by atoms with Crippen molar-refractivity contribution in [3.63, 3.8) is 0 Å². The SMILES string of the molecule is c1ccc(-c2ccc(-c3ccc4c(c3)N(c3ccccc3)c3ccccc3N4c3ccc(-c4ccc(-c5ccc6oc7ccccc7c6c5)cc4)cc3)cc2)cc1. The lowest BCUT2D eigenvalue weighted by molar-refractivity contribution is 0.669. The third kappa shape index (κ3) is 5.76. The van der Waals surface area contributed by atoms with Crippen LogP contribution in [-0.2, 0) is 0 Å². The highest BCUT2D eigenvalue weighted by Crippen LogP contribution is 2.55. The smallest absolute Gasteiger partial charge is 0.135 e. The fraction of sp³-hybridized carbons (Fsp3) is 0. The first-order chi connectivity index (χ1) is 28.2. The van der Waals surface area contributed by atoms with Crippen molar-refractivity contribution in [3.8, 4) is 44.5 Å². The van der Waals surface area contributed by atoms with Gasteiger partial charge in [0.25, 0.3) is 0 Å². The minimum Gasteiger partial charge on any atom is -0.456 e. The van der Waals surface area contributed by atoms with Crippen molar-refractivity contribution in [2.75, 3.05) is 9.80 Å². The quantitative estimate of drug-likeness (QED) is 0.170. The molecule has 1 aliphatic heterocycles. The van der Waals surface area contributed by atoms with Crippen LogP contribution in [0.4, 0.5) is 34.1 Å². The summed E-state index contributed by atoms with van der Waals surface area (Å²) in [6, 6.07) is 78.3. The lowest BCUT2D eigenvalue weighted by Gasteiger charge is -2.40. The van der Waals surface area contributed by atoms with E-state index in [1.165, 1.54) is 44.5 Å². The number of fused-ring (bicyclic) bond motifs is 5. The maximum atomic E-state index is 6.07. The standard InChI is InChI=1S/C54H36N2O/c1-3-11-37(12-4-1)38-19-25-42(26-20-38)44-29-33-51-52(36-44)56(45-13-5-2-6-14-45)50-17-9-8-16-49(50)55(51)46-31-27-40(28-32-46)39-21-23-41(24-22-39)43-30-34-54-48(35-43)47-15-7-10-18-53(47)57-54/h1-36H. The largest absolute Gasteiger partial charge is 0.456 e. The van der Waals surface area contributed by atoms with Crippen LogP contribution in [0.3, 0.4) is 0 Å². The molecule has 1 aliphatic rings. The van der Waals surface area contributed by atoms with Gasteiger partial charge in [0.2, 0.25) is 0 Å². The second-order valence-corrected chi connectivity index (χ2v) is 14.6. The maximum absolute atomic E-state index is 6.07. The Balaban J connectivity index is 0.947. The molecule has 57 heavy (non-hydrogen) atoms. The molecule has 2 heterocycles. The van der Waals surface area contributed by atoms with E-state index in [1.54, 1.807) is 0 Å². The fourth-order valence-corrected chi connectivity index (χ4v) is 8.36. The third-order valence-electron chi connectivity index (χ3n) is 11.2. The molecule has 268 valence electrons. The van der Waals surface area contributed by atoms with Gasteiger partial charge in [0.15, 0.2) is 0 Å². The van der Waals surface area contributed by atoms with E-state index in [0.29, 0.717) is 0 Å². The van der Waals surface area contributed by atoms with Crippen LogP contribution < -0.4 is 9.80 Å². The van der Waals surface area contributed by atoms with Crippen LogP contribution in [0.25, 0.3) is 66.4 Å². The van der Waals surface area contributed by atoms with Crippen molar-refractivity contribution in [1.82, 2.24) is 0 Å². The summed E-state index contributed by atoms with van der Waals surface area (Å²) in [6.45, 7) is 0. The van der Waals surface area contributed by atoms with Crippen LogP contribution in [0.1, 0.15) is 0 Å². The van der Waals surface area contributed by atoms with E-state index in [9.17, 15) is 0 Å². The Bertz CT molecular complexity index is 3040. The van der Waals surface area contributed by atoms with Crippen molar-refractivity contribution in [1.29, 1.82) is 0 Å². The lowest BCUT2D eigenvalue weighted by Crippen LogP contribution is -2.24. The molecule has 11 rings (SSSR count). The Hall–Kier alpha value is -7.62. The molecular formula is C54H36N2O. The van der Waals surface area contributed by atoms with Crippen LogP contribution in [0.5, 0.6) is 0 Å². The highest BCUT2D eigenvalue weighted by molar-refractivity contribution is 6.06. The first-order valence-corrected chi connectivity index (χ1v) is 19.4. The molecule has 3 heteroatoms. The summed E-state index contributed by atoms with van der Waals surface area (Å²) in [5, 5.41) is 2.29. The highest BCUT2D eigenvalue weighted by atomic mass is 16.3. The zero-order valence-corrected chi connectivity index (χ0v) is 31.1. The Kier molecular flexibility index (Phi) is 7.82. The second-order valence-electron chi connectivity index (χ2n) is 14.6. The average molecular weight is 729 g/mol. The van der Waals surface area contributed by atoms with E-state index in [1.807, 2.05) is 12.1 Å². The molecule has 0 amide bonds. The van der Waals surface area contributed by atoms with Crippen molar-refractivity contribution in [3.05, 3.63) is 218 Å². The number of nitrogens with zero attached hydrogens (tertiary/aromatic N) is 2. The Morgan fingerprint density at radius 3 is 1.30 bits per heavy atom. The van der Waals surface area contributed by atoms with Gasteiger partial charge in [0.05, 0.1) is 22.7 Å². The molecule has 0 fully saturated rings. The van der Waals surface area contributed by atoms with Crippen molar-refractivity contribution in [2.45, 2.75) is 0 Å². The van der Waals surface area contributed by atoms with E-state index in [-0.39, 0.29) is 0 Å². The summed E-state index contributed by atoms with van der Waals surface area (Å²) in [5.41, 5.74) is 18.1.